The van der Waals surface area contributed by atoms with Gasteiger partial charge in [-0.15, -0.1) is 0 Å². The molecule has 4 nitrogen and oxygen atoms in total. The predicted octanol–water partition coefficient (Wildman–Crippen LogP) is 6.17. The van der Waals surface area contributed by atoms with E-state index in [1.54, 1.807) is 0 Å². The predicted molar refractivity (Wildman–Crippen MR) is 132 cm³/mol. The first-order chi connectivity index (χ1) is 15.7. The highest BCUT2D eigenvalue weighted by molar-refractivity contribution is 5.79. The van der Waals surface area contributed by atoms with Gasteiger partial charge >= 0.3 is 0 Å². The molecule has 1 aromatic heterocycles. The first-order valence-corrected chi connectivity index (χ1v) is 11.4. The minimum absolute atomic E-state index is 0.361. The first kappa shape index (κ1) is 20.5. The molecule has 1 fully saturated rings. The third-order valence-electron chi connectivity index (χ3n) is 6.11. The van der Waals surface area contributed by atoms with Gasteiger partial charge in [0.05, 0.1) is 24.6 Å². The van der Waals surface area contributed by atoms with Crippen LogP contribution in [0, 0.1) is 0 Å². The summed E-state index contributed by atoms with van der Waals surface area (Å²) in [6.45, 7) is 7.82. The maximum atomic E-state index is 5.68. The van der Waals surface area contributed by atoms with Gasteiger partial charge in [0.1, 0.15) is 5.82 Å². The SMILES string of the molecule is CC(C)c1cc(-c2ccccc2)cc(N2CCOCC2)c1-n1ccnc1-c1ccccc1. The molecule has 0 atom stereocenters. The number of rotatable bonds is 5. The maximum Gasteiger partial charge on any atom is 0.144 e. The largest absolute Gasteiger partial charge is 0.378 e. The zero-order chi connectivity index (χ0) is 21.9. The average Bonchev–Trinajstić information content (AvgIpc) is 3.34. The number of ether oxygens (including phenoxy) is 1. The number of benzene rings is 3. The topological polar surface area (TPSA) is 30.3 Å². The Morgan fingerprint density at radius 3 is 2.12 bits per heavy atom. The Morgan fingerprint density at radius 1 is 0.812 bits per heavy atom. The van der Waals surface area contributed by atoms with Crippen LogP contribution in [0.4, 0.5) is 5.69 Å². The van der Waals surface area contributed by atoms with Gasteiger partial charge in [-0.25, -0.2) is 4.98 Å². The van der Waals surface area contributed by atoms with Crippen LogP contribution in [0.15, 0.2) is 85.2 Å². The van der Waals surface area contributed by atoms with Crippen LogP contribution >= 0.6 is 0 Å². The highest BCUT2D eigenvalue weighted by Gasteiger charge is 2.23. The van der Waals surface area contributed by atoms with E-state index in [0.29, 0.717) is 5.92 Å². The Hall–Kier alpha value is -3.37. The summed E-state index contributed by atoms with van der Waals surface area (Å²) in [6, 6.07) is 25.8. The molecule has 0 bridgehead atoms. The monoisotopic (exact) mass is 423 g/mol. The molecule has 1 aliphatic rings. The molecule has 0 N–H and O–H groups in total. The second-order valence-corrected chi connectivity index (χ2v) is 8.54. The molecular formula is C28H29N3O. The summed E-state index contributed by atoms with van der Waals surface area (Å²) in [6.07, 6.45) is 4.00. The van der Waals surface area contributed by atoms with E-state index in [1.165, 1.54) is 28.1 Å². The molecule has 0 amide bonds. The molecule has 0 saturated carbocycles. The Balaban J connectivity index is 1.76. The Kier molecular flexibility index (Phi) is 5.78. The zero-order valence-corrected chi connectivity index (χ0v) is 18.7. The molecule has 2 heterocycles. The second-order valence-electron chi connectivity index (χ2n) is 8.54. The average molecular weight is 424 g/mol. The minimum atomic E-state index is 0.361. The van der Waals surface area contributed by atoms with Gasteiger partial charge in [0.2, 0.25) is 0 Å². The van der Waals surface area contributed by atoms with Crippen LogP contribution in [0.2, 0.25) is 0 Å². The minimum Gasteiger partial charge on any atom is -0.378 e. The number of hydrogen-bond acceptors (Lipinski definition) is 3. The molecule has 4 aromatic rings. The van der Waals surface area contributed by atoms with Crippen molar-refractivity contribution in [1.29, 1.82) is 0 Å². The van der Waals surface area contributed by atoms with Gasteiger partial charge in [-0.3, -0.25) is 4.57 Å². The van der Waals surface area contributed by atoms with Crippen molar-refractivity contribution in [2.75, 3.05) is 31.2 Å². The molecule has 3 aromatic carbocycles. The fourth-order valence-electron chi connectivity index (χ4n) is 4.47. The van der Waals surface area contributed by atoms with Gasteiger partial charge in [0, 0.05) is 31.0 Å². The molecule has 0 unspecified atom stereocenters. The number of aromatic nitrogens is 2. The summed E-state index contributed by atoms with van der Waals surface area (Å²) in [7, 11) is 0. The number of nitrogens with zero attached hydrogens (tertiary/aromatic N) is 3. The summed E-state index contributed by atoms with van der Waals surface area (Å²) < 4.78 is 7.94. The van der Waals surface area contributed by atoms with Crippen LogP contribution in [0.1, 0.15) is 25.3 Å². The number of hydrogen-bond donors (Lipinski definition) is 0. The van der Waals surface area contributed by atoms with E-state index in [4.69, 9.17) is 9.72 Å². The van der Waals surface area contributed by atoms with Crippen molar-refractivity contribution in [1.82, 2.24) is 9.55 Å². The Bertz CT molecular complexity index is 1180. The first-order valence-electron chi connectivity index (χ1n) is 11.4. The molecule has 32 heavy (non-hydrogen) atoms. The van der Waals surface area contributed by atoms with Crippen molar-refractivity contribution in [3.8, 4) is 28.2 Å². The summed E-state index contributed by atoms with van der Waals surface area (Å²) in [5.74, 6) is 1.33. The van der Waals surface area contributed by atoms with E-state index < -0.39 is 0 Å². The molecule has 4 heteroatoms. The lowest BCUT2D eigenvalue weighted by Crippen LogP contribution is -2.37. The number of imidazole rings is 1. The van der Waals surface area contributed by atoms with Crippen LogP contribution in [0.5, 0.6) is 0 Å². The van der Waals surface area contributed by atoms with Crippen molar-refractivity contribution in [2.45, 2.75) is 19.8 Å². The van der Waals surface area contributed by atoms with E-state index in [-0.39, 0.29) is 0 Å². The third-order valence-corrected chi connectivity index (χ3v) is 6.11. The number of anilines is 1. The quantitative estimate of drug-likeness (QED) is 0.385. The third kappa shape index (κ3) is 3.94. The molecule has 162 valence electrons. The van der Waals surface area contributed by atoms with Gasteiger partial charge in [0.15, 0.2) is 0 Å². The molecule has 0 radical (unpaired) electrons. The van der Waals surface area contributed by atoms with Crippen LogP contribution in [0.25, 0.3) is 28.2 Å². The fourth-order valence-corrected chi connectivity index (χ4v) is 4.47. The molecule has 0 aliphatic carbocycles. The van der Waals surface area contributed by atoms with Crippen LogP contribution < -0.4 is 4.90 Å². The van der Waals surface area contributed by atoms with E-state index in [9.17, 15) is 0 Å². The number of morpholine rings is 1. The highest BCUT2D eigenvalue weighted by Crippen LogP contribution is 2.39. The van der Waals surface area contributed by atoms with Crippen molar-refractivity contribution in [3.05, 3.63) is 90.8 Å². The van der Waals surface area contributed by atoms with Crippen LogP contribution in [0.3, 0.4) is 0 Å². The van der Waals surface area contributed by atoms with Crippen molar-refractivity contribution in [3.63, 3.8) is 0 Å². The molecule has 1 saturated heterocycles. The van der Waals surface area contributed by atoms with Gasteiger partial charge in [0.25, 0.3) is 0 Å². The van der Waals surface area contributed by atoms with Crippen LogP contribution in [-0.4, -0.2) is 35.9 Å². The lowest BCUT2D eigenvalue weighted by atomic mass is 9.93. The lowest BCUT2D eigenvalue weighted by molar-refractivity contribution is 0.122. The maximum absolute atomic E-state index is 5.68. The standard InChI is InChI=1S/C28H29N3O/c1-21(2)25-19-24(22-9-5-3-6-10-22)20-26(30-15-17-32-18-16-30)27(25)31-14-13-29-28(31)23-11-7-4-8-12-23/h3-14,19-21H,15-18H2,1-2H3. The summed E-state index contributed by atoms with van der Waals surface area (Å²) in [5, 5.41) is 0. The highest BCUT2D eigenvalue weighted by atomic mass is 16.5. The summed E-state index contributed by atoms with van der Waals surface area (Å²) >= 11 is 0. The van der Waals surface area contributed by atoms with E-state index in [0.717, 1.165) is 37.7 Å². The second kappa shape index (κ2) is 9.01. The summed E-state index contributed by atoms with van der Waals surface area (Å²) in [5.41, 5.74) is 7.40. The smallest absolute Gasteiger partial charge is 0.144 e. The van der Waals surface area contributed by atoms with E-state index >= 15 is 0 Å². The van der Waals surface area contributed by atoms with Crippen molar-refractivity contribution >= 4 is 5.69 Å². The molecular weight excluding hydrogens is 394 g/mol. The molecule has 1 aliphatic heterocycles. The normalized spacial score (nSPS) is 14.2. The summed E-state index contributed by atoms with van der Waals surface area (Å²) in [4.78, 5) is 7.21. The van der Waals surface area contributed by atoms with Gasteiger partial charge < -0.3 is 9.64 Å². The van der Waals surface area contributed by atoms with E-state index in [2.05, 4.69) is 96.2 Å². The van der Waals surface area contributed by atoms with Crippen LogP contribution in [-0.2, 0) is 4.74 Å². The fraction of sp³-hybridized carbons (Fsp3) is 0.250. The molecule has 0 spiro atoms. The Labute approximate surface area is 190 Å². The Morgan fingerprint density at radius 2 is 1.47 bits per heavy atom. The van der Waals surface area contributed by atoms with Gasteiger partial charge in [-0.05, 0) is 34.7 Å². The molecule has 5 rings (SSSR count). The van der Waals surface area contributed by atoms with Crippen molar-refractivity contribution < 1.29 is 4.74 Å². The van der Waals surface area contributed by atoms with E-state index in [1.807, 2.05) is 12.3 Å². The van der Waals surface area contributed by atoms with Gasteiger partial charge in [-0.2, -0.15) is 0 Å². The zero-order valence-electron chi connectivity index (χ0n) is 18.7. The lowest BCUT2D eigenvalue weighted by Gasteiger charge is -2.33. The van der Waals surface area contributed by atoms with Crippen molar-refractivity contribution in [2.24, 2.45) is 0 Å². The van der Waals surface area contributed by atoms with Gasteiger partial charge in [-0.1, -0.05) is 74.5 Å².